The van der Waals surface area contributed by atoms with Crippen LogP contribution < -0.4 is 5.32 Å². The number of fused-ring (bicyclic) bond motifs is 1. The molecule has 2 unspecified atom stereocenters. The van der Waals surface area contributed by atoms with Crippen molar-refractivity contribution in [2.75, 3.05) is 13.2 Å². The van der Waals surface area contributed by atoms with E-state index in [9.17, 15) is 0 Å². The number of hydrogen-bond acceptors (Lipinski definition) is 3. The first kappa shape index (κ1) is 13.0. The van der Waals surface area contributed by atoms with Crippen LogP contribution in [0.3, 0.4) is 0 Å². The minimum atomic E-state index is 0.124. The molecule has 102 valence electrons. The van der Waals surface area contributed by atoms with Crippen LogP contribution in [0.25, 0.3) is 11.0 Å². The first-order valence-corrected chi connectivity index (χ1v) is 7.19. The summed E-state index contributed by atoms with van der Waals surface area (Å²) in [6, 6.07) is 7.89. The first-order valence-electron chi connectivity index (χ1n) is 6.82. The number of ether oxygens (including phenoxy) is 1. The highest BCUT2D eigenvalue weighted by atomic mass is 35.5. The molecule has 1 aliphatic heterocycles. The zero-order chi connectivity index (χ0) is 13.2. The van der Waals surface area contributed by atoms with Gasteiger partial charge in [-0.2, -0.15) is 0 Å². The number of furan rings is 1. The molecule has 0 radical (unpaired) electrons. The summed E-state index contributed by atoms with van der Waals surface area (Å²) in [4.78, 5) is 0. The molecule has 0 bridgehead atoms. The Kier molecular flexibility index (Phi) is 3.78. The Labute approximate surface area is 117 Å². The maximum atomic E-state index is 6.01. The summed E-state index contributed by atoms with van der Waals surface area (Å²) in [5.41, 5.74) is 0.875. The second kappa shape index (κ2) is 5.53. The van der Waals surface area contributed by atoms with E-state index in [0.29, 0.717) is 0 Å². The van der Waals surface area contributed by atoms with E-state index in [-0.39, 0.29) is 12.1 Å². The topological polar surface area (TPSA) is 34.4 Å². The normalized spacial score (nSPS) is 21.1. The first-order chi connectivity index (χ1) is 9.28. The predicted molar refractivity (Wildman–Crippen MR) is 76.6 cm³/mol. The summed E-state index contributed by atoms with van der Waals surface area (Å²) < 4.78 is 11.7. The van der Waals surface area contributed by atoms with Crippen molar-refractivity contribution in [1.82, 2.24) is 5.32 Å². The second-order valence-electron chi connectivity index (χ2n) is 4.92. The molecule has 19 heavy (non-hydrogen) atoms. The van der Waals surface area contributed by atoms with Crippen molar-refractivity contribution in [3.05, 3.63) is 35.0 Å². The van der Waals surface area contributed by atoms with E-state index in [2.05, 4.69) is 18.3 Å². The van der Waals surface area contributed by atoms with E-state index < -0.39 is 0 Å². The molecule has 3 rings (SSSR count). The zero-order valence-corrected chi connectivity index (χ0v) is 11.7. The van der Waals surface area contributed by atoms with E-state index in [0.717, 1.165) is 47.7 Å². The molecule has 2 atom stereocenters. The van der Waals surface area contributed by atoms with Crippen molar-refractivity contribution >= 4 is 22.6 Å². The van der Waals surface area contributed by atoms with Gasteiger partial charge in [-0.15, -0.1) is 0 Å². The van der Waals surface area contributed by atoms with Crippen LogP contribution in [0, 0.1) is 0 Å². The molecule has 0 spiro atoms. The molecule has 1 aromatic carbocycles. The quantitative estimate of drug-likeness (QED) is 0.921. The van der Waals surface area contributed by atoms with Gasteiger partial charge in [-0.1, -0.05) is 18.5 Å². The monoisotopic (exact) mass is 279 g/mol. The van der Waals surface area contributed by atoms with Gasteiger partial charge in [0.05, 0.1) is 12.1 Å². The molecule has 4 heteroatoms. The molecule has 2 heterocycles. The lowest BCUT2D eigenvalue weighted by molar-refractivity contribution is 0.0723. The Morgan fingerprint density at radius 1 is 1.42 bits per heavy atom. The molecular formula is C15H18ClNO2. The number of halogens is 1. The van der Waals surface area contributed by atoms with E-state index in [1.54, 1.807) is 0 Å². The Bertz CT molecular complexity index is 560. The summed E-state index contributed by atoms with van der Waals surface area (Å²) >= 11 is 6.01. The summed E-state index contributed by atoms with van der Waals surface area (Å²) in [6.45, 7) is 3.84. The van der Waals surface area contributed by atoms with Crippen molar-refractivity contribution in [2.24, 2.45) is 0 Å². The lowest BCUT2D eigenvalue weighted by Crippen LogP contribution is -2.31. The lowest BCUT2D eigenvalue weighted by Gasteiger charge is -2.21. The molecule has 0 saturated carbocycles. The third-order valence-electron chi connectivity index (χ3n) is 3.56. The lowest BCUT2D eigenvalue weighted by atomic mass is 10.1. The van der Waals surface area contributed by atoms with E-state index >= 15 is 0 Å². The molecule has 1 aromatic heterocycles. The fourth-order valence-electron chi connectivity index (χ4n) is 2.69. The van der Waals surface area contributed by atoms with Crippen molar-refractivity contribution in [3.8, 4) is 0 Å². The van der Waals surface area contributed by atoms with E-state index in [1.807, 2.05) is 18.2 Å². The van der Waals surface area contributed by atoms with Gasteiger partial charge in [0, 0.05) is 17.0 Å². The SMILES string of the molecule is CCNC(c1cc2cc(Cl)ccc2o1)C1CCCO1. The Morgan fingerprint density at radius 3 is 3.05 bits per heavy atom. The summed E-state index contributed by atoms with van der Waals surface area (Å²) in [5.74, 6) is 0.936. The molecule has 1 fully saturated rings. The van der Waals surface area contributed by atoms with Gasteiger partial charge in [0.15, 0.2) is 0 Å². The molecule has 1 N–H and O–H groups in total. The fourth-order valence-corrected chi connectivity index (χ4v) is 2.87. The minimum Gasteiger partial charge on any atom is -0.459 e. The summed E-state index contributed by atoms with van der Waals surface area (Å²) in [6.07, 6.45) is 2.41. The van der Waals surface area contributed by atoms with Crippen LogP contribution in [-0.2, 0) is 4.74 Å². The average molecular weight is 280 g/mol. The van der Waals surface area contributed by atoms with Gasteiger partial charge < -0.3 is 14.5 Å². The number of benzene rings is 1. The highest BCUT2D eigenvalue weighted by molar-refractivity contribution is 6.31. The van der Waals surface area contributed by atoms with Crippen molar-refractivity contribution in [2.45, 2.75) is 31.9 Å². The van der Waals surface area contributed by atoms with Crippen molar-refractivity contribution < 1.29 is 9.15 Å². The molecular weight excluding hydrogens is 262 g/mol. The summed E-state index contributed by atoms with van der Waals surface area (Å²) in [7, 11) is 0. The molecule has 0 amide bonds. The van der Waals surface area contributed by atoms with Gasteiger partial charge in [0.25, 0.3) is 0 Å². The van der Waals surface area contributed by atoms with Crippen LogP contribution >= 0.6 is 11.6 Å². The fraction of sp³-hybridized carbons (Fsp3) is 0.467. The molecule has 1 saturated heterocycles. The maximum absolute atomic E-state index is 6.01. The standard InChI is InChI=1S/C15H18ClNO2/c1-2-17-15(13-4-3-7-18-13)14-9-10-8-11(16)5-6-12(10)19-14/h5-6,8-9,13,15,17H,2-4,7H2,1H3. The second-order valence-corrected chi connectivity index (χ2v) is 5.35. The van der Waals surface area contributed by atoms with Crippen LogP contribution in [0.2, 0.25) is 5.02 Å². The summed E-state index contributed by atoms with van der Waals surface area (Å²) in [5, 5.41) is 5.24. The van der Waals surface area contributed by atoms with Gasteiger partial charge in [0.1, 0.15) is 11.3 Å². The number of rotatable bonds is 4. The number of likely N-dealkylation sites (N-methyl/N-ethyl adjacent to an activating group) is 1. The highest BCUT2D eigenvalue weighted by Gasteiger charge is 2.29. The maximum Gasteiger partial charge on any atom is 0.134 e. The number of nitrogens with one attached hydrogen (secondary N) is 1. The third-order valence-corrected chi connectivity index (χ3v) is 3.80. The van der Waals surface area contributed by atoms with E-state index in [4.69, 9.17) is 20.8 Å². The Balaban J connectivity index is 1.94. The molecule has 2 aromatic rings. The van der Waals surface area contributed by atoms with Crippen molar-refractivity contribution in [1.29, 1.82) is 0 Å². The number of hydrogen-bond donors (Lipinski definition) is 1. The molecule has 0 aliphatic carbocycles. The minimum absolute atomic E-state index is 0.124. The van der Waals surface area contributed by atoms with Gasteiger partial charge in [0.2, 0.25) is 0 Å². The zero-order valence-electron chi connectivity index (χ0n) is 11.0. The highest BCUT2D eigenvalue weighted by Crippen LogP contribution is 2.31. The van der Waals surface area contributed by atoms with Crippen LogP contribution in [0.5, 0.6) is 0 Å². The average Bonchev–Trinajstić information content (AvgIpc) is 3.04. The van der Waals surface area contributed by atoms with Gasteiger partial charge in [-0.3, -0.25) is 0 Å². The van der Waals surface area contributed by atoms with Crippen LogP contribution in [0.4, 0.5) is 0 Å². The van der Waals surface area contributed by atoms with Gasteiger partial charge in [-0.25, -0.2) is 0 Å². The van der Waals surface area contributed by atoms with Crippen molar-refractivity contribution in [3.63, 3.8) is 0 Å². The molecule has 1 aliphatic rings. The van der Waals surface area contributed by atoms with Gasteiger partial charge >= 0.3 is 0 Å². The van der Waals surface area contributed by atoms with Crippen LogP contribution in [-0.4, -0.2) is 19.3 Å². The predicted octanol–water partition coefficient (Wildman–Crippen LogP) is 3.92. The van der Waals surface area contributed by atoms with Gasteiger partial charge in [-0.05, 0) is 43.7 Å². The van der Waals surface area contributed by atoms with Crippen LogP contribution in [0.15, 0.2) is 28.7 Å². The Hall–Kier alpha value is -1.03. The third kappa shape index (κ3) is 2.64. The Morgan fingerprint density at radius 2 is 2.32 bits per heavy atom. The van der Waals surface area contributed by atoms with Crippen LogP contribution in [0.1, 0.15) is 31.6 Å². The largest absolute Gasteiger partial charge is 0.459 e. The van der Waals surface area contributed by atoms with E-state index in [1.165, 1.54) is 0 Å². The molecule has 3 nitrogen and oxygen atoms in total. The smallest absolute Gasteiger partial charge is 0.134 e.